The number of nitriles is 1. The van der Waals surface area contributed by atoms with Crippen LogP contribution in [0.25, 0.3) is 0 Å². The van der Waals surface area contributed by atoms with Gasteiger partial charge in [0.25, 0.3) is 5.82 Å². The van der Waals surface area contributed by atoms with Crippen LogP contribution in [0.2, 0.25) is 0 Å². The summed E-state index contributed by atoms with van der Waals surface area (Å²) in [5.74, 6) is 0.918. The minimum absolute atomic E-state index is 0.163. The Morgan fingerprint density at radius 3 is 3.00 bits per heavy atom. The first-order valence-corrected chi connectivity index (χ1v) is 4.61. The molecule has 2 aromatic heterocycles. The molecule has 0 bridgehead atoms. The van der Waals surface area contributed by atoms with Crippen LogP contribution in [0, 0.1) is 11.3 Å². The Balaban J connectivity index is 2.15. The van der Waals surface area contributed by atoms with Gasteiger partial charge in [-0.15, -0.1) is 5.10 Å². The quantitative estimate of drug-likeness (QED) is 0.814. The van der Waals surface area contributed by atoms with Crippen molar-refractivity contribution in [1.82, 2.24) is 14.8 Å². The van der Waals surface area contributed by atoms with E-state index in [2.05, 4.69) is 26.0 Å². The second-order valence-corrected chi connectivity index (χ2v) is 3.36. The fraction of sp³-hybridized carbons (Fsp3) is 0.125. The van der Waals surface area contributed by atoms with Crippen LogP contribution >= 0.6 is 15.9 Å². The first kappa shape index (κ1) is 8.97. The summed E-state index contributed by atoms with van der Waals surface area (Å²) in [7, 11) is 0. The Morgan fingerprint density at radius 1 is 1.57 bits per heavy atom. The molecule has 0 aliphatic rings. The number of hydrogen-bond acceptors (Lipinski definition) is 4. The summed E-state index contributed by atoms with van der Waals surface area (Å²) in [6.45, 7) is 0.472. The van der Waals surface area contributed by atoms with E-state index in [4.69, 9.17) is 9.68 Å². The van der Waals surface area contributed by atoms with E-state index in [1.54, 1.807) is 10.7 Å². The van der Waals surface area contributed by atoms with Crippen molar-refractivity contribution < 1.29 is 4.42 Å². The monoisotopic (exact) mass is 252 g/mol. The van der Waals surface area contributed by atoms with Crippen LogP contribution in [0.4, 0.5) is 0 Å². The van der Waals surface area contributed by atoms with Gasteiger partial charge in [-0.25, -0.2) is 9.67 Å². The summed E-state index contributed by atoms with van der Waals surface area (Å²) < 4.78 is 7.50. The van der Waals surface area contributed by atoms with Crippen molar-refractivity contribution in [3.8, 4) is 6.07 Å². The Hall–Kier alpha value is -1.61. The minimum atomic E-state index is 0.163. The van der Waals surface area contributed by atoms with Gasteiger partial charge in [-0.3, -0.25) is 0 Å². The van der Waals surface area contributed by atoms with Gasteiger partial charge in [-0.05, 0) is 28.1 Å². The Labute approximate surface area is 88.1 Å². The Bertz CT molecular complexity index is 481. The van der Waals surface area contributed by atoms with E-state index in [0.29, 0.717) is 11.2 Å². The zero-order valence-electron chi connectivity index (χ0n) is 7.01. The van der Waals surface area contributed by atoms with Crippen LogP contribution < -0.4 is 0 Å². The minimum Gasteiger partial charge on any atom is -0.452 e. The SMILES string of the molecule is N#Cc1ncn(Cc2ccc(Br)o2)n1. The molecule has 0 N–H and O–H groups in total. The molecular weight excluding hydrogens is 248 g/mol. The van der Waals surface area contributed by atoms with E-state index >= 15 is 0 Å². The maximum absolute atomic E-state index is 8.50. The third-order valence-electron chi connectivity index (χ3n) is 1.58. The molecule has 0 radical (unpaired) electrons. The van der Waals surface area contributed by atoms with Gasteiger partial charge >= 0.3 is 0 Å². The van der Waals surface area contributed by atoms with Crippen LogP contribution in [0.5, 0.6) is 0 Å². The number of aromatic nitrogens is 3. The lowest BCUT2D eigenvalue weighted by molar-refractivity contribution is 0.462. The van der Waals surface area contributed by atoms with E-state index < -0.39 is 0 Å². The Morgan fingerprint density at radius 2 is 2.43 bits per heavy atom. The third-order valence-corrected chi connectivity index (χ3v) is 2.01. The molecule has 5 nitrogen and oxygen atoms in total. The lowest BCUT2D eigenvalue weighted by Gasteiger charge is -1.94. The third kappa shape index (κ3) is 1.83. The average molecular weight is 253 g/mol. The predicted octanol–water partition coefficient (Wildman–Crippen LogP) is 1.55. The average Bonchev–Trinajstić information content (AvgIpc) is 2.76. The number of rotatable bonds is 2. The molecule has 0 aliphatic heterocycles. The van der Waals surface area contributed by atoms with Gasteiger partial charge in [-0.1, -0.05) is 0 Å². The molecule has 0 spiro atoms. The lowest BCUT2D eigenvalue weighted by atomic mass is 10.4. The van der Waals surface area contributed by atoms with Gasteiger partial charge in [0, 0.05) is 0 Å². The highest BCUT2D eigenvalue weighted by molar-refractivity contribution is 9.10. The molecule has 0 atom stereocenters. The van der Waals surface area contributed by atoms with Gasteiger partial charge in [0.05, 0.1) is 0 Å². The molecule has 0 aliphatic carbocycles. The smallest absolute Gasteiger partial charge is 0.252 e. The number of furan rings is 1. The van der Waals surface area contributed by atoms with E-state index in [0.717, 1.165) is 5.76 Å². The zero-order chi connectivity index (χ0) is 9.97. The maximum atomic E-state index is 8.50. The van der Waals surface area contributed by atoms with E-state index in [-0.39, 0.29) is 5.82 Å². The first-order valence-electron chi connectivity index (χ1n) is 3.81. The normalized spacial score (nSPS) is 10.0. The molecule has 70 valence electrons. The standard InChI is InChI=1S/C8H5BrN4O/c9-7-2-1-6(14-7)4-13-5-11-8(3-10)12-13/h1-2,5H,4H2. The number of halogens is 1. The van der Waals surface area contributed by atoms with Crippen molar-refractivity contribution in [3.05, 3.63) is 34.7 Å². The largest absolute Gasteiger partial charge is 0.452 e. The molecule has 2 heterocycles. The summed E-state index contributed by atoms with van der Waals surface area (Å²) >= 11 is 3.20. The zero-order valence-corrected chi connectivity index (χ0v) is 8.60. The lowest BCUT2D eigenvalue weighted by Crippen LogP contribution is -1.99. The molecule has 6 heteroatoms. The van der Waals surface area contributed by atoms with Crippen LogP contribution in [-0.2, 0) is 6.54 Å². The Kier molecular flexibility index (Phi) is 2.33. The summed E-state index contributed by atoms with van der Waals surface area (Å²) in [5, 5.41) is 12.4. The molecule has 0 fully saturated rings. The second-order valence-electron chi connectivity index (χ2n) is 2.58. The van der Waals surface area contributed by atoms with Crippen molar-refractivity contribution in [2.24, 2.45) is 0 Å². The fourth-order valence-corrected chi connectivity index (χ4v) is 1.36. The highest BCUT2D eigenvalue weighted by atomic mass is 79.9. The van der Waals surface area contributed by atoms with Crippen LogP contribution in [0.15, 0.2) is 27.5 Å². The van der Waals surface area contributed by atoms with Gasteiger partial charge in [0.15, 0.2) is 4.67 Å². The molecule has 0 saturated heterocycles. The first-order chi connectivity index (χ1) is 6.78. The predicted molar refractivity (Wildman–Crippen MR) is 50.2 cm³/mol. The van der Waals surface area contributed by atoms with Crippen LogP contribution in [0.3, 0.4) is 0 Å². The summed E-state index contributed by atoms with van der Waals surface area (Å²) in [6.07, 6.45) is 1.50. The molecule has 0 aromatic carbocycles. The molecule has 0 saturated carbocycles. The topological polar surface area (TPSA) is 67.6 Å². The van der Waals surface area contributed by atoms with Crippen molar-refractivity contribution >= 4 is 15.9 Å². The molecule has 2 rings (SSSR count). The number of nitrogens with zero attached hydrogens (tertiary/aromatic N) is 4. The summed E-state index contributed by atoms with van der Waals surface area (Å²) in [6, 6.07) is 5.49. The maximum Gasteiger partial charge on any atom is 0.252 e. The molecule has 14 heavy (non-hydrogen) atoms. The van der Waals surface area contributed by atoms with Crippen molar-refractivity contribution in [3.63, 3.8) is 0 Å². The fourth-order valence-electron chi connectivity index (χ4n) is 1.02. The second kappa shape index (κ2) is 3.64. The number of hydrogen-bond donors (Lipinski definition) is 0. The molecule has 2 aromatic rings. The molecule has 0 amide bonds. The summed E-state index contributed by atoms with van der Waals surface area (Å²) in [5.41, 5.74) is 0. The van der Waals surface area contributed by atoms with E-state index in [1.807, 2.05) is 12.1 Å². The van der Waals surface area contributed by atoms with Crippen molar-refractivity contribution in [2.45, 2.75) is 6.54 Å². The van der Waals surface area contributed by atoms with Crippen molar-refractivity contribution in [2.75, 3.05) is 0 Å². The molecule has 0 unspecified atom stereocenters. The van der Waals surface area contributed by atoms with E-state index in [9.17, 15) is 0 Å². The van der Waals surface area contributed by atoms with Gasteiger partial charge in [0.1, 0.15) is 24.7 Å². The van der Waals surface area contributed by atoms with Crippen molar-refractivity contribution in [1.29, 1.82) is 5.26 Å². The molecular formula is C8H5BrN4O. The highest BCUT2D eigenvalue weighted by Crippen LogP contribution is 2.14. The van der Waals surface area contributed by atoms with Gasteiger partial charge in [-0.2, -0.15) is 5.26 Å². The summed E-state index contributed by atoms with van der Waals surface area (Å²) in [4.78, 5) is 3.77. The van der Waals surface area contributed by atoms with Crippen LogP contribution in [0.1, 0.15) is 11.6 Å². The van der Waals surface area contributed by atoms with Gasteiger partial charge < -0.3 is 4.42 Å². The highest BCUT2D eigenvalue weighted by Gasteiger charge is 2.03. The van der Waals surface area contributed by atoms with Crippen LogP contribution in [-0.4, -0.2) is 14.8 Å². The van der Waals surface area contributed by atoms with E-state index in [1.165, 1.54) is 6.33 Å². The van der Waals surface area contributed by atoms with Gasteiger partial charge in [0.2, 0.25) is 0 Å².